The summed E-state index contributed by atoms with van der Waals surface area (Å²) < 4.78 is 0. The lowest BCUT2D eigenvalue weighted by molar-refractivity contribution is -0.130. The molecule has 1 amide bonds. The van der Waals surface area contributed by atoms with Gasteiger partial charge in [0, 0.05) is 25.9 Å². The number of rotatable bonds is 3. The number of nitrogens with one attached hydrogen (secondary N) is 2. The second-order valence-electron chi connectivity index (χ2n) is 6.87. The summed E-state index contributed by atoms with van der Waals surface area (Å²) in [4.78, 5) is 39.1. The van der Waals surface area contributed by atoms with Crippen LogP contribution >= 0.6 is 0 Å². The van der Waals surface area contributed by atoms with Crippen LogP contribution in [0, 0.1) is 23.7 Å². The third-order valence-corrected chi connectivity index (χ3v) is 5.66. The van der Waals surface area contributed by atoms with Crippen LogP contribution in [0.5, 0.6) is 0 Å². The maximum Gasteiger partial charge on any atom is 0.342 e. The van der Waals surface area contributed by atoms with Crippen molar-refractivity contribution in [2.24, 2.45) is 23.7 Å². The van der Waals surface area contributed by atoms with Gasteiger partial charge in [-0.05, 0) is 36.5 Å². The predicted octanol–water partition coefficient (Wildman–Crippen LogP) is 0.0614. The van der Waals surface area contributed by atoms with E-state index in [1.807, 2.05) is 4.90 Å². The van der Waals surface area contributed by atoms with Crippen molar-refractivity contribution in [2.45, 2.75) is 25.7 Å². The van der Waals surface area contributed by atoms with Crippen LogP contribution in [-0.4, -0.2) is 39.1 Å². The van der Waals surface area contributed by atoms with Crippen molar-refractivity contribution in [3.63, 3.8) is 0 Å². The van der Waals surface area contributed by atoms with E-state index >= 15 is 0 Å². The van der Waals surface area contributed by atoms with E-state index in [1.54, 1.807) is 0 Å². The third kappa shape index (κ3) is 2.54. The van der Waals surface area contributed by atoms with Gasteiger partial charge in [-0.15, -0.1) is 0 Å². The molecule has 7 nitrogen and oxygen atoms in total. The van der Waals surface area contributed by atoms with Crippen LogP contribution in [0.25, 0.3) is 0 Å². The molecule has 2 fully saturated rings. The lowest BCUT2D eigenvalue weighted by Gasteiger charge is -2.40. The van der Waals surface area contributed by atoms with Gasteiger partial charge in [0.2, 0.25) is 5.91 Å². The second kappa shape index (κ2) is 5.47. The number of hydrogen-bond acceptors (Lipinski definition) is 4. The molecule has 2 bridgehead atoms. The standard InChI is InChI=1S/C16H20N4O3/c21-14(6-5-13-15(22)17-16(23)19-18-13)20-7-11-9-1-2-10(4-3-9)12(11)8-20/h1-2,9-12H,3-8H2,(H2,17,19,22,23)/t9-,10+,11+,12-. The quantitative estimate of drug-likeness (QED) is 0.770. The van der Waals surface area contributed by atoms with E-state index in [0.29, 0.717) is 23.7 Å². The number of carbonyl (C=O) groups excluding carboxylic acids is 1. The van der Waals surface area contributed by atoms with Crippen molar-refractivity contribution >= 4 is 5.91 Å². The summed E-state index contributed by atoms with van der Waals surface area (Å²) in [5.74, 6) is 2.55. The number of amides is 1. The number of aromatic amines is 2. The fraction of sp³-hybridized carbons (Fsp3) is 0.625. The SMILES string of the molecule is O=C(CCc1n[nH]c(=O)[nH]c1=O)N1C[C@@H]2[C@H](C1)[C@H]1C=C[C@@H]2CC1. The first-order valence-electron chi connectivity index (χ1n) is 8.26. The smallest absolute Gasteiger partial charge is 0.342 e. The molecule has 122 valence electrons. The monoisotopic (exact) mass is 316 g/mol. The van der Waals surface area contributed by atoms with Crippen molar-refractivity contribution in [1.29, 1.82) is 0 Å². The summed E-state index contributed by atoms with van der Waals surface area (Å²) in [6, 6.07) is 0. The number of fused-ring (bicyclic) bond motifs is 1. The minimum atomic E-state index is -0.628. The van der Waals surface area contributed by atoms with Crippen molar-refractivity contribution in [1.82, 2.24) is 20.1 Å². The summed E-state index contributed by atoms with van der Waals surface area (Å²) in [6.45, 7) is 1.68. The summed E-state index contributed by atoms with van der Waals surface area (Å²) >= 11 is 0. The maximum absolute atomic E-state index is 12.5. The van der Waals surface area contributed by atoms with Crippen LogP contribution in [0.3, 0.4) is 0 Å². The van der Waals surface area contributed by atoms with Gasteiger partial charge in [0.25, 0.3) is 5.56 Å². The third-order valence-electron chi connectivity index (χ3n) is 5.66. The number of aromatic nitrogens is 3. The van der Waals surface area contributed by atoms with E-state index in [-0.39, 0.29) is 24.4 Å². The number of H-pyrrole nitrogens is 2. The molecule has 7 heteroatoms. The molecule has 1 aromatic heterocycles. The molecule has 2 N–H and O–H groups in total. The Kier molecular flexibility index (Phi) is 3.43. The molecule has 1 saturated heterocycles. The Morgan fingerprint density at radius 1 is 1.17 bits per heavy atom. The molecule has 0 unspecified atom stereocenters. The first-order chi connectivity index (χ1) is 11.1. The highest BCUT2D eigenvalue weighted by Gasteiger charge is 2.46. The van der Waals surface area contributed by atoms with Crippen LogP contribution < -0.4 is 11.2 Å². The number of likely N-dealkylation sites (tertiary alicyclic amines) is 1. The van der Waals surface area contributed by atoms with Crippen molar-refractivity contribution < 1.29 is 4.79 Å². The zero-order valence-electron chi connectivity index (χ0n) is 12.8. The lowest BCUT2D eigenvalue weighted by Crippen LogP contribution is -2.35. The van der Waals surface area contributed by atoms with Gasteiger partial charge in [0.05, 0.1) is 0 Å². The van der Waals surface area contributed by atoms with Crippen LogP contribution in [0.2, 0.25) is 0 Å². The normalized spacial score (nSPS) is 31.4. The Balaban J connectivity index is 1.39. The zero-order valence-corrected chi connectivity index (χ0v) is 12.8. The molecular weight excluding hydrogens is 296 g/mol. The molecule has 4 aliphatic rings. The Bertz CT molecular complexity index is 743. The Morgan fingerprint density at radius 3 is 2.39 bits per heavy atom. The van der Waals surface area contributed by atoms with Crippen LogP contribution in [0.1, 0.15) is 25.0 Å². The number of nitrogens with zero attached hydrogens (tertiary/aromatic N) is 2. The highest BCUT2D eigenvalue weighted by atomic mass is 16.2. The molecule has 23 heavy (non-hydrogen) atoms. The molecule has 0 spiro atoms. The summed E-state index contributed by atoms with van der Waals surface area (Å²) in [7, 11) is 0. The van der Waals surface area contributed by atoms with Crippen molar-refractivity contribution in [2.75, 3.05) is 13.1 Å². The predicted molar refractivity (Wildman–Crippen MR) is 82.7 cm³/mol. The Morgan fingerprint density at radius 2 is 1.83 bits per heavy atom. The van der Waals surface area contributed by atoms with E-state index < -0.39 is 11.2 Å². The molecule has 1 aromatic rings. The van der Waals surface area contributed by atoms with E-state index in [9.17, 15) is 14.4 Å². The van der Waals surface area contributed by atoms with Gasteiger partial charge >= 0.3 is 5.69 Å². The van der Waals surface area contributed by atoms with E-state index in [0.717, 1.165) is 13.1 Å². The van der Waals surface area contributed by atoms with E-state index in [1.165, 1.54) is 12.8 Å². The topological polar surface area (TPSA) is 98.9 Å². The number of allylic oxidation sites excluding steroid dienone is 2. The van der Waals surface area contributed by atoms with Crippen LogP contribution in [0.4, 0.5) is 0 Å². The highest BCUT2D eigenvalue weighted by Crippen LogP contribution is 2.48. The van der Waals surface area contributed by atoms with Gasteiger partial charge in [-0.3, -0.25) is 14.6 Å². The summed E-state index contributed by atoms with van der Waals surface area (Å²) in [6.07, 6.45) is 7.69. The molecule has 3 aliphatic carbocycles. The Hall–Kier alpha value is -2.18. The molecule has 0 aromatic carbocycles. The summed E-state index contributed by atoms with van der Waals surface area (Å²) in [5, 5.41) is 5.92. The van der Waals surface area contributed by atoms with Gasteiger partial charge in [-0.25, -0.2) is 9.89 Å². The number of carbonyl (C=O) groups is 1. The van der Waals surface area contributed by atoms with Gasteiger partial charge in [-0.1, -0.05) is 12.2 Å². The average molecular weight is 316 g/mol. The van der Waals surface area contributed by atoms with Gasteiger partial charge < -0.3 is 4.90 Å². The maximum atomic E-state index is 12.5. The number of hydrogen-bond donors (Lipinski definition) is 2. The lowest BCUT2D eigenvalue weighted by atomic mass is 9.64. The zero-order chi connectivity index (χ0) is 16.0. The molecule has 0 radical (unpaired) electrons. The van der Waals surface area contributed by atoms with Gasteiger partial charge in [-0.2, -0.15) is 5.10 Å². The molecule has 1 aliphatic heterocycles. The minimum Gasteiger partial charge on any atom is -0.342 e. The van der Waals surface area contributed by atoms with E-state index in [2.05, 4.69) is 27.3 Å². The Labute approximate surface area is 132 Å². The molecule has 4 atom stereocenters. The first kappa shape index (κ1) is 14.4. The highest BCUT2D eigenvalue weighted by molar-refractivity contribution is 5.76. The fourth-order valence-corrected chi connectivity index (χ4v) is 4.47. The summed E-state index contributed by atoms with van der Waals surface area (Å²) in [5.41, 5.74) is -0.938. The van der Waals surface area contributed by atoms with Crippen LogP contribution in [-0.2, 0) is 11.2 Å². The minimum absolute atomic E-state index is 0.0752. The van der Waals surface area contributed by atoms with Crippen molar-refractivity contribution in [3.05, 3.63) is 38.7 Å². The van der Waals surface area contributed by atoms with Gasteiger partial charge in [0.1, 0.15) is 5.69 Å². The molecule has 2 heterocycles. The number of aryl methyl sites for hydroxylation is 1. The van der Waals surface area contributed by atoms with E-state index in [4.69, 9.17) is 0 Å². The fourth-order valence-electron chi connectivity index (χ4n) is 4.47. The average Bonchev–Trinajstić information content (AvgIpc) is 3.02. The van der Waals surface area contributed by atoms with Gasteiger partial charge in [0.15, 0.2) is 0 Å². The second-order valence-corrected chi connectivity index (χ2v) is 6.87. The largest absolute Gasteiger partial charge is 0.342 e. The molecule has 1 saturated carbocycles. The first-order valence-corrected chi connectivity index (χ1v) is 8.26. The van der Waals surface area contributed by atoms with Crippen LogP contribution in [0.15, 0.2) is 21.7 Å². The molecule has 5 rings (SSSR count). The van der Waals surface area contributed by atoms with Crippen molar-refractivity contribution in [3.8, 4) is 0 Å². The molecular formula is C16H20N4O3.